The lowest BCUT2D eigenvalue weighted by molar-refractivity contribution is -0.145. The van der Waals surface area contributed by atoms with Gasteiger partial charge in [-0.3, -0.25) is 4.79 Å². The van der Waals surface area contributed by atoms with Gasteiger partial charge < -0.3 is 15.2 Å². The maximum atomic E-state index is 11.5. The number of carbonyl (C=O) groups is 2. The monoisotopic (exact) mass is 217 g/mol. The van der Waals surface area contributed by atoms with Crippen molar-refractivity contribution in [3.8, 4) is 0 Å². The third-order valence-corrected chi connectivity index (χ3v) is 2.18. The number of amides is 1. The number of nitrogens with one attached hydrogen (secondary N) is 1. The highest BCUT2D eigenvalue weighted by Gasteiger charge is 2.26. The van der Waals surface area contributed by atoms with Crippen LogP contribution in [0.1, 0.15) is 27.2 Å². The SMILES string of the molecule is CCC(OC)C(=O)NC(C(=O)O)C(C)C. The first-order valence-corrected chi connectivity index (χ1v) is 5.00. The quantitative estimate of drug-likeness (QED) is 0.684. The van der Waals surface area contributed by atoms with E-state index >= 15 is 0 Å². The standard InChI is InChI=1S/C10H19NO4/c1-5-7(15-4)9(12)11-8(6(2)3)10(13)14/h6-8H,5H2,1-4H3,(H,11,12)(H,13,14). The van der Waals surface area contributed by atoms with Gasteiger partial charge in [-0.05, 0) is 12.3 Å². The Bertz CT molecular complexity index is 223. The summed E-state index contributed by atoms with van der Waals surface area (Å²) in [5.74, 6) is -1.55. The molecule has 0 aliphatic rings. The number of carboxylic acids is 1. The summed E-state index contributed by atoms with van der Waals surface area (Å²) in [5, 5.41) is 11.3. The summed E-state index contributed by atoms with van der Waals surface area (Å²) in [6.07, 6.45) is -0.0575. The second kappa shape index (κ2) is 6.40. The molecule has 0 saturated heterocycles. The van der Waals surface area contributed by atoms with Crippen molar-refractivity contribution in [3.63, 3.8) is 0 Å². The molecule has 2 atom stereocenters. The molecule has 0 spiro atoms. The number of carbonyl (C=O) groups excluding carboxylic acids is 1. The fourth-order valence-electron chi connectivity index (χ4n) is 1.22. The lowest BCUT2D eigenvalue weighted by Crippen LogP contribution is -2.48. The van der Waals surface area contributed by atoms with Crippen LogP contribution in [0, 0.1) is 5.92 Å². The van der Waals surface area contributed by atoms with E-state index in [2.05, 4.69) is 5.32 Å². The van der Waals surface area contributed by atoms with Gasteiger partial charge in [0, 0.05) is 7.11 Å². The summed E-state index contributed by atoms with van der Waals surface area (Å²) in [6.45, 7) is 5.29. The Hall–Kier alpha value is -1.10. The molecule has 0 rings (SSSR count). The van der Waals surface area contributed by atoms with Crippen molar-refractivity contribution < 1.29 is 19.4 Å². The van der Waals surface area contributed by atoms with Crippen LogP contribution in [0.2, 0.25) is 0 Å². The molecule has 0 aromatic rings. The normalized spacial score (nSPS) is 14.7. The number of aliphatic carboxylic acids is 1. The molecular formula is C10H19NO4. The summed E-state index contributed by atoms with van der Waals surface area (Å²) in [7, 11) is 1.43. The van der Waals surface area contributed by atoms with Crippen molar-refractivity contribution >= 4 is 11.9 Å². The van der Waals surface area contributed by atoms with Gasteiger partial charge in [0.2, 0.25) is 5.91 Å². The fourth-order valence-corrected chi connectivity index (χ4v) is 1.22. The largest absolute Gasteiger partial charge is 0.480 e. The summed E-state index contributed by atoms with van der Waals surface area (Å²) in [4.78, 5) is 22.3. The van der Waals surface area contributed by atoms with Gasteiger partial charge >= 0.3 is 5.97 Å². The maximum absolute atomic E-state index is 11.5. The molecular weight excluding hydrogens is 198 g/mol. The van der Waals surface area contributed by atoms with E-state index < -0.39 is 18.1 Å². The van der Waals surface area contributed by atoms with Gasteiger partial charge in [-0.15, -0.1) is 0 Å². The molecule has 15 heavy (non-hydrogen) atoms. The van der Waals surface area contributed by atoms with Crippen LogP contribution in [0.5, 0.6) is 0 Å². The third kappa shape index (κ3) is 4.29. The summed E-state index contributed by atoms with van der Waals surface area (Å²) >= 11 is 0. The van der Waals surface area contributed by atoms with E-state index in [-0.39, 0.29) is 11.8 Å². The van der Waals surface area contributed by atoms with E-state index in [0.29, 0.717) is 6.42 Å². The average molecular weight is 217 g/mol. The number of ether oxygens (including phenoxy) is 1. The Balaban J connectivity index is 4.41. The lowest BCUT2D eigenvalue weighted by Gasteiger charge is -2.20. The third-order valence-electron chi connectivity index (χ3n) is 2.18. The van der Waals surface area contributed by atoms with Crippen LogP contribution in [-0.2, 0) is 14.3 Å². The Morgan fingerprint density at radius 3 is 2.20 bits per heavy atom. The van der Waals surface area contributed by atoms with Gasteiger partial charge in [0.05, 0.1) is 0 Å². The van der Waals surface area contributed by atoms with Crippen LogP contribution in [-0.4, -0.2) is 36.2 Å². The zero-order chi connectivity index (χ0) is 12.0. The van der Waals surface area contributed by atoms with Crippen molar-refractivity contribution in [2.75, 3.05) is 7.11 Å². The first-order chi connectivity index (χ1) is 6.93. The zero-order valence-electron chi connectivity index (χ0n) is 9.61. The molecule has 0 aromatic carbocycles. The summed E-state index contributed by atoms with van der Waals surface area (Å²) in [5.41, 5.74) is 0. The molecule has 0 fully saturated rings. The first-order valence-electron chi connectivity index (χ1n) is 5.00. The Morgan fingerprint density at radius 2 is 1.93 bits per heavy atom. The number of hydrogen-bond donors (Lipinski definition) is 2. The van der Waals surface area contributed by atoms with E-state index in [1.165, 1.54) is 7.11 Å². The van der Waals surface area contributed by atoms with E-state index in [9.17, 15) is 9.59 Å². The molecule has 2 N–H and O–H groups in total. The lowest BCUT2D eigenvalue weighted by atomic mass is 10.0. The van der Waals surface area contributed by atoms with Crippen LogP contribution in [0.15, 0.2) is 0 Å². The highest BCUT2D eigenvalue weighted by molar-refractivity contribution is 5.86. The molecule has 0 saturated carbocycles. The van der Waals surface area contributed by atoms with Gasteiger partial charge in [0.1, 0.15) is 12.1 Å². The van der Waals surface area contributed by atoms with Crippen molar-refractivity contribution in [1.29, 1.82) is 0 Å². The molecule has 2 unspecified atom stereocenters. The first kappa shape index (κ1) is 13.9. The smallest absolute Gasteiger partial charge is 0.326 e. The van der Waals surface area contributed by atoms with Gasteiger partial charge in [0.25, 0.3) is 0 Å². The van der Waals surface area contributed by atoms with Crippen molar-refractivity contribution in [3.05, 3.63) is 0 Å². The molecule has 5 nitrogen and oxygen atoms in total. The van der Waals surface area contributed by atoms with Gasteiger partial charge in [0.15, 0.2) is 0 Å². The number of methoxy groups -OCH3 is 1. The van der Waals surface area contributed by atoms with Gasteiger partial charge in [-0.2, -0.15) is 0 Å². The minimum Gasteiger partial charge on any atom is -0.480 e. The molecule has 0 aliphatic heterocycles. The number of hydrogen-bond acceptors (Lipinski definition) is 3. The van der Waals surface area contributed by atoms with E-state index in [0.717, 1.165) is 0 Å². The minimum absolute atomic E-state index is 0.152. The second-order valence-electron chi connectivity index (χ2n) is 3.70. The molecule has 1 amide bonds. The van der Waals surface area contributed by atoms with Crippen molar-refractivity contribution in [2.24, 2.45) is 5.92 Å². The Kier molecular flexibility index (Phi) is 5.93. The van der Waals surface area contributed by atoms with E-state index in [1.54, 1.807) is 20.8 Å². The second-order valence-corrected chi connectivity index (χ2v) is 3.70. The maximum Gasteiger partial charge on any atom is 0.326 e. The Morgan fingerprint density at radius 1 is 1.40 bits per heavy atom. The van der Waals surface area contributed by atoms with E-state index in [4.69, 9.17) is 9.84 Å². The molecule has 0 bridgehead atoms. The van der Waals surface area contributed by atoms with Crippen LogP contribution < -0.4 is 5.32 Å². The minimum atomic E-state index is -1.02. The highest BCUT2D eigenvalue weighted by atomic mass is 16.5. The summed E-state index contributed by atoms with van der Waals surface area (Å²) in [6, 6.07) is -0.860. The zero-order valence-corrected chi connectivity index (χ0v) is 9.61. The van der Waals surface area contributed by atoms with Gasteiger partial charge in [-0.25, -0.2) is 4.79 Å². The topological polar surface area (TPSA) is 75.6 Å². The summed E-state index contributed by atoms with van der Waals surface area (Å²) < 4.78 is 4.92. The predicted octanol–water partition coefficient (Wildman–Crippen LogP) is 0.637. The van der Waals surface area contributed by atoms with Crippen LogP contribution in [0.3, 0.4) is 0 Å². The average Bonchev–Trinajstić information content (AvgIpc) is 2.15. The van der Waals surface area contributed by atoms with Gasteiger partial charge in [-0.1, -0.05) is 20.8 Å². The molecule has 5 heteroatoms. The molecule has 0 heterocycles. The van der Waals surface area contributed by atoms with Crippen LogP contribution >= 0.6 is 0 Å². The Labute approximate surface area is 89.8 Å². The number of rotatable bonds is 6. The fraction of sp³-hybridized carbons (Fsp3) is 0.800. The van der Waals surface area contributed by atoms with Crippen LogP contribution in [0.4, 0.5) is 0 Å². The predicted molar refractivity (Wildman–Crippen MR) is 55.5 cm³/mol. The molecule has 0 radical (unpaired) electrons. The van der Waals surface area contributed by atoms with Crippen LogP contribution in [0.25, 0.3) is 0 Å². The van der Waals surface area contributed by atoms with Crippen molar-refractivity contribution in [2.45, 2.75) is 39.3 Å². The number of carboxylic acid groups (broad SMARTS) is 1. The molecule has 88 valence electrons. The molecule has 0 aliphatic carbocycles. The van der Waals surface area contributed by atoms with Crippen molar-refractivity contribution in [1.82, 2.24) is 5.32 Å². The highest BCUT2D eigenvalue weighted by Crippen LogP contribution is 2.04. The van der Waals surface area contributed by atoms with E-state index in [1.807, 2.05) is 0 Å². The molecule has 0 aromatic heterocycles.